The third kappa shape index (κ3) is 4.02. The molecule has 7 heteroatoms. The molecule has 2 heterocycles. The second-order valence-corrected chi connectivity index (χ2v) is 7.32. The van der Waals surface area contributed by atoms with Crippen LogP contribution in [0.1, 0.15) is 24.2 Å². The number of hydrogen-bond acceptors (Lipinski definition) is 4. The first-order valence-corrected chi connectivity index (χ1v) is 9.60. The third-order valence-corrected chi connectivity index (χ3v) is 5.15. The fourth-order valence-corrected chi connectivity index (χ4v) is 3.56. The Labute approximate surface area is 167 Å². The number of halogens is 1. The number of carbonyl (C=O) groups excluding carboxylic acids is 2. The summed E-state index contributed by atoms with van der Waals surface area (Å²) in [5.41, 5.74) is 2.82. The number of aromatic nitrogens is 2. The molecule has 0 spiro atoms. The molecule has 28 heavy (non-hydrogen) atoms. The zero-order chi connectivity index (χ0) is 19.5. The normalized spacial score (nSPS) is 16.8. The molecule has 1 saturated heterocycles. The van der Waals surface area contributed by atoms with E-state index in [0.717, 1.165) is 16.6 Å². The molecule has 1 aliphatic heterocycles. The maximum absolute atomic E-state index is 12.4. The number of esters is 1. The van der Waals surface area contributed by atoms with E-state index in [1.54, 1.807) is 6.07 Å². The van der Waals surface area contributed by atoms with Gasteiger partial charge in [0.2, 0.25) is 5.91 Å². The molecule has 6 nitrogen and oxygen atoms in total. The van der Waals surface area contributed by atoms with Gasteiger partial charge in [-0.2, -0.15) is 0 Å². The number of amides is 1. The second kappa shape index (κ2) is 8.02. The van der Waals surface area contributed by atoms with Gasteiger partial charge in [0.1, 0.15) is 12.4 Å². The number of nitrogens with zero attached hydrogens (tertiary/aromatic N) is 2. The lowest BCUT2D eigenvalue weighted by atomic mass is 10.00. The fourth-order valence-electron chi connectivity index (χ4n) is 3.39. The van der Waals surface area contributed by atoms with Crippen molar-refractivity contribution in [2.24, 2.45) is 5.92 Å². The van der Waals surface area contributed by atoms with Crippen molar-refractivity contribution >= 4 is 34.5 Å². The van der Waals surface area contributed by atoms with Crippen LogP contribution >= 0.6 is 11.6 Å². The Kier molecular flexibility index (Phi) is 5.30. The highest BCUT2D eigenvalue weighted by Crippen LogP contribution is 2.23. The van der Waals surface area contributed by atoms with Gasteiger partial charge in [0.15, 0.2) is 0 Å². The molecule has 0 saturated carbocycles. The zero-order valence-electron chi connectivity index (χ0n) is 15.2. The highest BCUT2D eigenvalue weighted by atomic mass is 35.5. The summed E-state index contributed by atoms with van der Waals surface area (Å²) in [7, 11) is 0. The molecule has 144 valence electrons. The minimum absolute atomic E-state index is 0.0226. The van der Waals surface area contributed by atoms with E-state index in [-0.39, 0.29) is 24.4 Å². The summed E-state index contributed by atoms with van der Waals surface area (Å²) in [6.45, 7) is 1.02. The number of piperidine rings is 1. The average molecular weight is 398 g/mol. The van der Waals surface area contributed by atoms with Gasteiger partial charge < -0.3 is 14.6 Å². The lowest BCUT2D eigenvalue weighted by Crippen LogP contribution is -2.39. The summed E-state index contributed by atoms with van der Waals surface area (Å²) in [6.07, 6.45) is 0.867. The highest BCUT2D eigenvalue weighted by Gasteiger charge is 2.26. The average Bonchev–Trinajstić information content (AvgIpc) is 3.04. The molecule has 1 N–H and O–H groups in total. The van der Waals surface area contributed by atoms with Crippen LogP contribution in [-0.2, 0) is 27.5 Å². The standard InChI is InChI=1S/C21H20ClN3O3/c22-16-7-8-18-17(10-16)24-19(25(18)12-14-4-2-1-3-5-14)13-28-21(27)15-6-9-20(26)23-11-15/h1-5,7-8,10,15H,6,9,11-13H2,(H,23,26). The lowest BCUT2D eigenvalue weighted by Gasteiger charge is -2.20. The van der Waals surface area contributed by atoms with Crippen LogP contribution in [0.15, 0.2) is 48.5 Å². The first kappa shape index (κ1) is 18.5. The quantitative estimate of drug-likeness (QED) is 0.670. The topological polar surface area (TPSA) is 73.2 Å². The molecule has 1 unspecified atom stereocenters. The van der Waals surface area contributed by atoms with Gasteiger partial charge in [-0.1, -0.05) is 41.9 Å². The summed E-state index contributed by atoms with van der Waals surface area (Å²) < 4.78 is 7.57. The van der Waals surface area contributed by atoms with E-state index in [0.29, 0.717) is 36.8 Å². The summed E-state index contributed by atoms with van der Waals surface area (Å²) in [5.74, 6) is 0.0235. The van der Waals surface area contributed by atoms with Crippen LogP contribution in [0.3, 0.4) is 0 Å². The van der Waals surface area contributed by atoms with E-state index < -0.39 is 0 Å². The SMILES string of the molecule is O=C1CCC(C(=O)OCc2nc3cc(Cl)ccc3n2Cc2ccccc2)CN1. The molecule has 1 amide bonds. The van der Waals surface area contributed by atoms with Gasteiger partial charge in [-0.05, 0) is 30.2 Å². The van der Waals surface area contributed by atoms with Gasteiger partial charge in [0, 0.05) is 24.5 Å². The molecule has 0 aliphatic carbocycles. The van der Waals surface area contributed by atoms with E-state index >= 15 is 0 Å². The summed E-state index contributed by atoms with van der Waals surface area (Å²) in [4.78, 5) is 28.3. The van der Waals surface area contributed by atoms with Crippen molar-refractivity contribution in [3.8, 4) is 0 Å². The number of ether oxygens (including phenoxy) is 1. The minimum atomic E-state index is -0.309. The molecule has 0 radical (unpaired) electrons. The van der Waals surface area contributed by atoms with Crippen LogP contribution in [0.2, 0.25) is 5.02 Å². The number of hydrogen-bond donors (Lipinski definition) is 1. The summed E-state index contributed by atoms with van der Waals surface area (Å²) in [5, 5.41) is 3.32. The van der Waals surface area contributed by atoms with Crippen molar-refractivity contribution in [3.63, 3.8) is 0 Å². The number of imidazole rings is 1. The molecule has 0 bridgehead atoms. The van der Waals surface area contributed by atoms with Crippen molar-refractivity contribution < 1.29 is 14.3 Å². The van der Waals surface area contributed by atoms with E-state index in [4.69, 9.17) is 16.3 Å². The molecule has 1 atom stereocenters. The van der Waals surface area contributed by atoms with E-state index in [9.17, 15) is 9.59 Å². The molecule has 1 fully saturated rings. The largest absolute Gasteiger partial charge is 0.457 e. The molecular formula is C21H20ClN3O3. The smallest absolute Gasteiger partial charge is 0.311 e. The minimum Gasteiger partial charge on any atom is -0.457 e. The summed E-state index contributed by atoms with van der Waals surface area (Å²) in [6, 6.07) is 15.6. The second-order valence-electron chi connectivity index (χ2n) is 6.88. The van der Waals surface area contributed by atoms with Gasteiger partial charge in [-0.3, -0.25) is 9.59 Å². The Hall–Kier alpha value is -2.86. The monoisotopic (exact) mass is 397 g/mol. The van der Waals surface area contributed by atoms with E-state index in [1.807, 2.05) is 47.0 Å². The Bertz CT molecular complexity index is 1010. The van der Waals surface area contributed by atoms with E-state index in [1.165, 1.54) is 0 Å². The first-order valence-electron chi connectivity index (χ1n) is 9.22. The van der Waals surface area contributed by atoms with Crippen molar-refractivity contribution in [1.82, 2.24) is 14.9 Å². The Balaban J connectivity index is 1.56. The van der Waals surface area contributed by atoms with Gasteiger partial charge in [-0.15, -0.1) is 0 Å². The molecule has 1 aliphatic rings. The highest BCUT2D eigenvalue weighted by molar-refractivity contribution is 6.31. The van der Waals surface area contributed by atoms with Crippen LogP contribution in [0.4, 0.5) is 0 Å². The van der Waals surface area contributed by atoms with Crippen molar-refractivity contribution in [2.75, 3.05) is 6.54 Å². The molecule has 4 rings (SSSR count). The van der Waals surface area contributed by atoms with Gasteiger partial charge in [0.05, 0.1) is 17.0 Å². The van der Waals surface area contributed by atoms with Crippen molar-refractivity contribution in [2.45, 2.75) is 26.0 Å². The predicted octanol–water partition coefficient (Wildman–Crippen LogP) is 3.31. The Morgan fingerprint density at radius 2 is 2.07 bits per heavy atom. The lowest BCUT2D eigenvalue weighted by molar-refractivity contribution is -0.151. The number of rotatable bonds is 5. The summed E-state index contributed by atoms with van der Waals surface area (Å²) >= 11 is 6.11. The van der Waals surface area contributed by atoms with Gasteiger partial charge in [0.25, 0.3) is 0 Å². The van der Waals surface area contributed by atoms with Gasteiger partial charge in [-0.25, -0.2) is 4.98 Å². The number of carbonyl (C=O) groups is 2. The fraction of sp³-hybridized carbons (Fsp3) is 0.286. The van der Waals surface area contributed by atoms with Crippen LogP contribution in [0.5, 0.6) is 0 Å². The third-order valence-electron chi connectivity index (χ3n) is 4.92. The molecule has 3 aromatic rings. The Morgan fingerprint density at radius 3 is 2.82 bits per heavy atom. The van der Waals surface area contributed by atoms with Crippen LogP contribution in [-0.4, -0.2) is 28.0 Å². The number of fused-ring (bicyclic) bond motifs is 1. The zero-order valence-corrected chi connectivity index (χ0v) is 16.0. The maximum atomic E-state index is 12.4. The number of benzene rings is 2. The van der Waals surface area contributed by atoms with Gasteiger partial charge >= 0.3 is 5.97 Å². The molecule has 1 aromatic heterocycles. The predicted molar refractivity (Wildman–Crippen MR) is 106 cm³/mol. The van der Waals surface area contributed by atoms with Crippen LogP contribution in [0.25, 0.3) is 11.0 Å². The maximum Gasteiger partial charge on any atom is 0.311 e. The van der Waals surface area contributed by atoms with E-state index in [2.05, 4.69) is 10.3 Å². The van der Waals surface area contributed by atoms with Crippen LogP contribution < -0.4 is 5.32 Å². The number of nitrogens with one attached hydrogen (secondary N) is 1. The molecule has 2 aromatic carbocycles. The van der Waals surface area contributed by atoms with Crippen LogP contribution in [0, 0.1) is 5.92 Å². The first-order chi connectivity index (χ1) is 13.6. The molecular weight excluding hydrogens is 378 g/mol. The van der Waals surface area contributed by atoms with Crippen molar-refractivity contribution in [1.29, 1.82) is 0 Å². The van der Waals surface area contributed by atoms with Crippen molar-refractivity contribution in [3.05, 3.63) is 64.9 Å². The Morgan fingerprint density at radius 1 is 1.25 bits per heavy atom.